The Bertz CT molecular complexity index is 295. The fraction of sp³-hybridized carbons (Fsp3) is 0.444. The van der Waals surface area contributed by atoms with Gasteiger partial charge < -0.3 is 9.84 Å². The first-order valence-electron chi connectivity index (χ1n) is 4.05. The monoisotopic (exact) mass is 197 g/mol. The number of hydrogen-bond donors (Lipinski definition) is 1. The molecule has 0 unspecified atom stereocenters. The van der Waals surface area contributed by atoms with E-state index >= 15 is 0 Å². The number of rotatable bonds is 2. The van der Waals surface area contributed by atoms with Crippen molar-refractivity contribution in [2.24, 2.45) is 0 Å². The highest BCUT2D eigenvalue weighted by atomic mass is 32.2. The molecule has 0 saturated carbocycles. The van der Waals surface area contributed by atoms with E-state index in [-0.39, 0.29) is 0 Å². The van der Waals surface area contributed by atoms with Gasteiger partial charge in [-0.05, 0) is 18.4 Å². The van der Waals surface area contributed by atoms with E-state index in [0.29, 0.717) is 18.9 Å². The zero-order valence-electron chi connectivity index (χ0n) is 7.36. The summed E-state index contributed by atoms with van der Waals surface area (Å²) in [6, 6.07) is 3.82. The van der Waals surface area contributed by atoms with Crippen LogP contribution >= 0.6 is 11.8 Å². The summed E-state index contributed by atoms with van der Waals surface area (Å²) in [6.07, 6.45) is 3.77. The summed E-state index contributed by atoms with van der Waals surface area (Å²) >= 11 is 1.64. The molecule has 4 heteroatoms. The molecule has 1 aliphatic heterocycles. The van der Waals surface area contributed by atoms with Gasteiger partial charge in [0.15, 0.2) is 5.60 Å². The zero-order chi connectivity index (χ0) is 9.31. The number of aromatic nitrogens is 1. The first-order valence-corrected chi connectivity index (χ1v) is 5.28. The maximum atomic E-state index is 9.85. The van der Waals surface area contributed by atoms with E-state index in [1.54, 1.807) is 18.0 Å². The molecule has 0 radical (unpaired) electrons. The number of thioether (sulfide) groups is 1. The van der Waals surface area contributed by atoms with Crippen LogP contribution in [0.15, 0.2) is 23.2 Å². The molecule has 1 fully saturated rings. The minimum atomic E-state index is -0.836. The van der Waals surface area contributed by atoms with Gasteiger partial charge in [-0.2, -0.15) is 0 Å². The van der Waals surface area contributed by atoms with Crippen molar-refractivity contribution in [2.75, 3.05) is 19.5 Å². The summed E-state index contributed by atoms with van der Waals surface area (Å²) in [5.74, 6) is 0. The van der Waals surface area contributed by atoms with Crippen LogP contribution in [0.1, 0.15) is 5.69 Å². The van der Waals surface area contributed by atoms with Crippen LogP contribution in [0.2, 0.25) is 0 Å². The lowest BCUT2D eigenvalue weighted by molar-refractivity contribution is -0.186. The van der Waals surface area contributed by atoms with Crippen molar-refractivity contribution in [3.63, 3.8) is 0 Å². The lowest BCUT2D eigenvalue weighted by Gasteiger charge is -2.35. The van der Waals surface area contributed by atoms with E-state index in [9.17, 15) is 5.11 Å². The fourth-order valence-electron chi connectivity index (χ4n) is 1.22. The van der Waals surface area contributed by atoms with Crippen molar-refractivity contribution >= 4 is 11.8 Å². The number of ether oxygens (including phenoxy) is 1. The molecule has 0 amide bonds. The quantitative estimate of drug-likeness (QED) is 0.719. The summed E-state index contributed by atoms with van der Waals surface area (Å²) in [5.41, 5.74) is -0.131. The number of pyridine rings is 1. The molecule has 0 bridgehead atoms. The lowest BCUT2D eigenvalue weighted by Crippen LogP contribution is -2.47. The van der Waals surface area contributed by atoms with Crippen molar-refractivity contribution in [3.05, 3.63) is 24.0 Å². The normalized spacial score (nSPS) is 19.5. The SMILES string of the molecule is CSc1ccc(C2(O)COC2)nc1. The standard InChI is InChI=1S/C9H11NO2S/c1-13-7-2-3-8(10-4-7)9(11)5-12-6-9/h2-4,11H,5-6H2,1H3. The van der Waals surface area contributed by atoms with Gasteiger partial charge in [-0.3, -0.25) is 4.98 Å². The third-order valence-electron chi connectivity index (χ3n) is 2.13. The van der Waals surface area contributed by atoms with Gasteiger partial charge in [0.1, 0.15) is 0 Å². The van der Waals surface area contributed by atoms with Gasteiger partial charge in [0.2, 0.25) is 0 Å². The predicted octanol–water partition coefficient (Wildman–Crippen LogP) is 1.02. The van der Waals surface area contributed by atoms with Gasteiger partial charge in [-0.15, -0.1) is 11.8 Å². The maximum absolute atomic E-state index is 9.85. The average molecular weight is 197 g/mol. The van der Waals surface area contributed by atoms with Crippen molar-refractivity contribution in [2.45, 2.75) is 10.5 Å². The van der Waals surface area contributed by atoms with Gasteiger partial charge in [0.25, 0.3) is 0 Å². The molecule has 0 spiro atoms. The smallest absolute Gasteiger partial charge is 0.153 e. The molecule has 1 aliphatic rings. The Morgan fingerprint density at radius 3 is 2.69 bits per heavy atom. The Balaban J connectivity index is 2.22. The molecule has 2 heterocycles. The summed E-state index contributed by atoms with van der Waals surface area (Å²) in [4.78, 5) is 5.30. The molecule has 1 saturated heterocycles. The van der Waals surface area contributed by atoms with Crippen LogP contribution in [0.25, 0.3) is 0 Å². The van der Waals surface area contributed by atoms with Crippen LogP contribution in [0, 0.1) is 0 Å². The van der Waals surface area contributed by atoms with Gasteiger partial charge in [0.05, 0.1) is 18.9 Å². The molecule has 0 aromatic carbocycles. The minimum absolute atomic E-state index is 0.360. The maximum Gasteiger partial charge on any atom is 0.153 e. The molecule has 1 aromatic heterocycles. The molecule has 13 heavy (non-hydrogen) atoms. The summed E-state index contributed by atoms with van der Waals surface area (Å²) in [7, 11) is 0. The van der Waals surface area contributed by atoms with Crippen LogP contribution in [-0.2, 0) is 10.3 Å². The van der Waals surface area contributed by atoms with Crippen molar-refractivity contribution in [1.82, 2.24) is 4.98 Å². The summed E-state index contributed by atoms with van der Waals surface area (Å²) in [6.45, 7) is 0.719. The average Bonchev–Trinajstić information content (AvgIpc) is 2.14. The van der Waals surface area contributed by atoms with E-state index in [1.807, 2.05) is 18.4 Å². The second kappa shape index (κ2) is 3.29. The third-order valence-corrected chi connectivity index (χ3v) is 2.84. The van der Waals surface area contributed by atoms with Crippen molar-refractivity contribution < 1.29 is 9.84 Å². The minimum Gasteiger partial charge on any atom is -0.379 e. The summed E-state index contributed by atoms with van der Waals surface area (Å²) < 4.78 is 4.95. The highest BCUT2D eigenvalue weighted by molar-refractivity contribution is 7.98. The molecule has 0 atom stereocenters. The van der Waals surface area contributed by atoms with Crippen LogP contribution in [-0.4, -0.2) is 29.6 Å². The lowest BCUT2D eigenvalue weighted by atomic mass is 9.97. The number of hydrogen-bond acceptors (Lipinski definition) is 4. The van der Waals surface area contributed by atoms with Gasteiger partial charge in [0, 0.05) is 11.1 Å². The fourth-order valence-corrected chi connectivity index (χ4v) is 1.58. The van der Waals surface area contributed by atoms with Gasteiger partial charge in [-0.25, -0.2) is 0 Å². The first kappa shape index (κ1) is 8.99. The Hall–Kier alpha value is -0.580. The Kier molecular flexibility index (Phi) is 2.27. The molecule has 2 rings (SSSR count). The molecule has 1 N–H and O–H groups in total. The Morgan fingerprint density at radius 1 is 1.54 bits per heavy atom. The van der Waals surface area contributed by atoms with Crippen LogP contribution in [0.5, 0.6) is 0 Å². The van der Waals surface area contributed by atoms with Crippen molar-refractivity contribution in [3.8, 4) is 0 Å². The Morgan fingerprint density at radius 2 is 2.31 bits per heavy atom. The van der Waals surface area contributed by atoms with Gasteiger partial charge >= 0.3 is 0 Å². The largest absolute Gasteiger partial charge is 0.379 e. The molecular formula is C9H11NO2S. The van der Waals surface area contributed by atoms with E-state index < -0.39 is 5.60 Å². The second-order valence-corrected chi connectivity index (χ2v) is 3.99. The Labute approximate surface area is 81.1 Å². The first-order chi connectivity index (χ1) is 6.24. The molecular weight excluding hydrogens is 186 g/mol. The molecule has 3 nitrogen and oxygen atoms in total. The van der Waals surface area contributed by atoms with E-state index in [2.05, 4.69) is 4.98 Å². The van der Waals surface area contributed by atoms with Crippen LogP contribution < -0.4 is 0 Å². The van der Waals surface area contributed by atoms with Crippen molar-refractivity contribution in [1.29, 1.82) is 0 Å². The zero-order valence-corrected chi connectivity index (χ0v) is 8.17. The van der Waals surface area contributed by atoms with Gasteiger partial charge in [-0.1, -0.05) is 0 Å². The molecule has 1 aromatic rings. The third kappa shape index (κ3) is 1.57. The highest BCUT2D eigenvalue weighted by Crippen LogP contribution is 2.28. The number of aliphatic hydroxyl groups is 1. The van der Waals surface area contributed by atoms with E-state index in [4.69, 9.17) is 4.74 Å². The van der Waals surface area contributed by atoms with Crippen LogP contribution in [0.3, 0.4) is 0 Å². The highest BCUT2D eigenvalue weighted by Gasteiger charge is 2.39. The molecule has 70 valence electrons. The van der Waals surface area contributed by atoms with E-state index in [1.165, 1.54) is 0 Å². The predicted molar refractivity (Wildman–Crippen MR) is 50.7 cm³/mol. The second-order valence-electron chi connectivity index (χ2n) is 3.11. The van der Waals surface area contributed by atoms with Crippen LogP contribution in [0.4, 0.5) is 0 Å². The molecule has 0 aliphatic carbocycles. The summed E-state index contributed by atoms with van der Waals surface area (Å²) in [5, 5.41) is 9.85. The number of nitrogens with zero attached hydrogens (tertiary/aromatic N) is 1. The topological polar surface area (TPSA) is 42.4 Å². The van der Waals surface area contributed by atoms with E-state index in [0.717, 1.165) is 4.90 Å².